The van der Waals surface area contributed by atoms with Gasteiger partial charge in [0.25, 0.3) is 0 Å². The highest BCUT2D eigenvalue weighted by atomic mass is 16.3. The molecule has 0 bridgehead atoms. The Morgan fingerprint density at radius 2 is 1.83 bits per heavy atom. The van der Waals surface area contributed by atoms with Gasteiger partial charge in [-0.25, -0.2) is 0 Å². The molecule has 0 spiro atoms. The minimum atomic E-state index is -0.517. The van der Waals surface area contributed by atoms with Crippen molar-refractivity contribution in [2.24, 2.45) is 34.5 Å². The van der Waals surface area contributed by atoms with Crippen LogP contribution in [0.3, 0.4) is 0 Å². The summed E-state index contributed by atoms with van der Waals surface area (Å²) in [7, 11) is 0. The fourth-order valence-electron chi connectivity index (χ4n) is 8.38. The Morgan fingerprint density at radius 1 is 1.07 bits per heavy atom. The van der Waals surface area contributed by atoms with Gasteiger partial charge in [-0.2, -0.15) is 0 Å². The van der Waals surface area contributed by atoms with E-state index in [4.69, 9.17) is 0 Å². The number of hydrogen-bond acceptors (Lipinski definition) is 2. The lowest BCUT2D eigenvalue weighted by molar-refractivity contribution is -0.0719. The average Bonchev–Trinajstić information content (AvgIpc) is 2.98. The maximum Gasteiger partial charge on any atom is 0.0682 e. The fourth-order valence-corrected chi connectivity index (χ4v) is 8.38. The molecule has 29 heavy (non-hydrogen) atoms. The lowest BCUT2D eigenvalue weighted by atomic mass is 9.46. The molecule has 7 atom stereocenters. The van der Waals surface area contributed by atoms with Gasteiger partial charge in [-0.1, -0.05) is 38.8 Å². The van der Waals surface area contributed by atoms with Crippen LogP contribution in [0.5, 0.6) is 0 Å². The summed E-state index contributed by atoms with van der Waals surface area (Å²) in [6, 6.07) is 0. The lowest BCUT2D eigenvalue weighted by Crippen LogP contribution is -2.52. The van der Waals surface area contributed by atoms with Crippen molar-refractivity contribution < 1.29 is 10.2 Å². The van der Waals surface area contributed by atoms with Gasteiger partial charge >= 0.3 is 0 Å². The van der Waals surface area contributed by atoms with Crippen molar-refractivity contribution in [2.75, 3.05) is 0 Å². The molecule has 2 nitrogen and oxygen atoms in total. The van der Waals surface area contributed by atoms with Gasteiger partial charge in [-0.3, -0.25) is 0 Å². The fraction of sp³-hybridized carbons (Fsp3) is 0.926. The van der Waals surface area contributed by atoms with Crippen LogP contribution in [0.4, 0.5) is 0 Å². The molecule has 0 aromatic carbocycles. The van der Waals surface area contributed by atoms with Crippen LogP contribution in [-0.4, -0.2) is 21.4 Å². The first-order valence-electron chi connectivity index (χ1n) is 12.7. The van der Waals surface area contributed by atoms with Gasteiger partial charge in [0.05, 0.1) is 11.2 Å². The first-order valence-corrected chi connectivity index (χ1v) is 12.7. The number of fused-ring (bicyclic) bond motifs is 5. The zero-order valence-electron chi connectivity index (χ0n) is 19.8. The van der Waals surface area contributed by atoms with Crippen LogP contribution in [0.15, 0.2) is 11.6 Å². The number of aliphatic hydroxyl groups is 2. The van der Waals surface area contributed by atoms with Gasteiger partial charge in [0.1, 0.15) is 0 Å². The highest BCUT2D eigenvalue weighted by Gasteiger charge is 2.59. The molecule has 0 radical (unpaired) electrons. The van der Waals surface area contributed by atoms with E-state index in [1.54, 1.807) is 5.57 Å². The van der Waals surface area contributed by atoms with E-state index >= 15 is 0 Å². The molecule has 4 aliphatic rings. The maximum atomic E-state index is 10.9. The summed E-state index contributed by atoms with van der Waals surface area (Å²) in [5, 5.41) is 21.0. The molecule has 2 heteroatoms. The second-order valence-corrected chi connectivity index (χ2v) is 12.5. The Balaban J connectivity index is 1.49. The third-order valence-electron chi connectivity index (χ3n) is 10.5. The minimum absolute atomic E-state index is 0.338. The van der Waals surface area contributed by atoms with E-state index in [9.17, 15) is 10.2 Å². The predicted molar refractivity (Wildman–Crippen MR) is 121 cm³/mol. The quantitative estimate of drug-likeness (QED) is 0.506. The molecule has 0 amide bonds. The summed E-state index contributed by atoms with van der Waals surface area (Å²) in [6.07, 6.45) is 16.8. The second-order valence-electron chi connectivity index (χ2n) is 12.5. The van der Waals surface area contributed by atoms with E-state index in [1.165, 1.54) is 51.4 Å². The van der Waals surface area contributed by atoms with Gasteiger partial charge in [0.2, 0.25) is 0 Å². The summed E-state index contributed by atoms with van der Waals surface area (Å²) >= 11 is 0. The Morgan fingerprint density at radius 3 is 2.52 bits per heavy atom. The topological polar surface area (TPSA) is 40.5 Å². The van der Waals surface area contributed by atoms with Crippen molar-refractivity contribution in [3.63, 3.8) is 0 Å². The SMILES string of the molecule is CC[C@]1(O)CC[C@@]2(C)C(=CCC3C2CC[C@@]2(C)C3CC[C@@H]2CCCC(C)(C)O)C1. The Hall–Kier alpha value is -0.340. The molecule has 3 fully saturated rings. The number of rotatable bonds is 5. The summed E-state index contributed by atoms with van der Waals surface area (Å²) in [6.45, 7) is 11.2. The van der Waals surface area contributed by atoms with Crippen LogP contribution < -0.4 is 0 Å². The molecule has 0 aromatic rings. The summed E-state index contributed by atoms with van der Waals surface area (Å²) in [5.41, 5.74) is 1.49. The molecule has 3 unspecified atom stereocenters. The van der Waals surface area contributed by atoms with Crippen molar-refractivity contribution in [3.8, 4) is 0 Å². The maximum absolute atomic E-state index is 10.9. The predicted octanol–water partition coefficient (Wildman–Crippen LogP) is 6.65. The largest absolute Gasteiger partial charge is 0.390 e. The molecule has 0 aromatic heterocycles. The van der Waals surface area contributed by atoms with Crippen LogP contribution in [0, 0.1) is 34.5 Å². The third kappa shape index (κ3) is 3.75. The number of hydrogen-bond donors (Lipinski definition) is 2. The molecule has 3 saturated carbocycles. The van der Waals surface area contributed by atoms with E-state index in [0.717, 1.165) is 49.4 Å². The van der Waals surface area contributed by atoms with Crippen molar-refractivity contribution in [3.05, 3.63) is 11.6 Å². The Bertz CT molecular complexity index is 645. The van der Waals surface area contributed by atoms with E-state index in [2.05, 4.69) is 26.8 Å². The van der Waals surface area contributed by atoms with Crippen LogP contribution in [0.1, 0.15) is 112 Å². The van der Waals surface area contributed by atoms with E-state index in [-0.39, 0.29) is 0 Å². The monoisotopic (exact) mass is 402 g/mol. The zero-order chi connectivity index (χ0) is 21.1. The van der Waals surface area contributed by atoms with Gasteiger partial charge in [0, 0.05) is 0 Å². The lowest BCUT2D eigenvalue weighted by Gasteiger charge is -2.59. The summed E-state index contributed by atoms with van der Waals surface area (Å²) in [5.74, 6) is 3.42. The van der Waals surface area contributed by atoms with Crippen LogP contribution >= 0.6 is 0 Å². The van der Waals surface area contributed by atoms with E-state index in [0.29, 0.717) is 10.8 Å². The third-order valence-corrected chi connectivity index (χ3v) is 10.5. The Labute approximate surface area is 179 Å². The highest BCUT2D eigenvalue weighted by Crippen LogP contribution is 2.67. The molecule has 166 valence electrons. The Kier molecular flexibility index (Phi) is 5.56. The van der Waals surface area contributed by atoms with Gasteiger partial charge in [0.15, 0.2) is 0 Å². The van der Waals surface area contributed by atoms with E-state index < -0.39 is 11.2 Å². The molecule has 0 heterocycles. The standard InChI is InChI=1S/C27H46O2/c1-6-27(29)17-16-26(5)20(18-27)9-11-21-22-12-10-19(8-7-14-24(2,3)28)25(22,4)15-13-23(21)26/h9,19,21-23,28-29H,6-8,10-18H2,1-5H3/t19-,21?,22?,23?,25+,26-,27-/m0/s1. The van der Waals surface area contributed by atoms with Gasteiger partial charge in [-0.15, -0.1) is 0 Å². The molecular formula is C27H46O2. The molecule has 4 aliphatic carbocycles. The second kappa shape index (κ2) is 7.37. The smallest absolute Gasteiger partial charge is 0.0682 e. The van der Waals surface area contributed by atoms with Crippen LogP contribution in [0.25, 0.3) is 0 Å². The summed E-state index contributed by atoms with van der Waals surface area (Å²) < 4.78 is 0. The zero-order valence-corrected chi connectivity index (χ0v) is 19.8. The van der Waals surface area contributed by atoms with Crippen molar-refractivity contribution in [1.29, 1.82) is 0 Å². The normalized spacial score (nSPS) is 47.2. The van der Waals surface area contributed by atoms with Crippen LogP contribution in [0.2, 0.25) is 0 Å². The molecule has 0 aliphatic heterocycles. The minimum Gasteiger partial charge on any atom is -0.390 e. The molecule has 0 saturated heterocycles. The summed E-state index contributed by atoms with van der Waals surface area (Å²) in [4.78, 5) is 0. The first-order chi connectivity index (χ1) is 13.5. The average molecular weight is 403 g/mol. The highest BCUT2D eigenvalue weighted by molar-refractivity contribution is 5.27. The van der Waals surface area contributed by atoms with Gasteiger partial charge in [-0.05, 0) is 119 Å². The van der Waals surface area contributed by atoms with E-state index in [1.807, 2.05) is 13.8 Å². The molecule has 2 N–H and O–H groups in total. The number of allylic oxidation sites excluding steroid dienone is 1. The molecule has 4 rings (SSSR count). The van der Waals surface area contributed by atoms with Crippen LogP contribution in [-0.2, 0) is 0 Å². The first kappa shape index (κ1) is 21.9. The van der Waals surface area contributed by atoms with Crippen molar-refractivity contribution >= 4 is 0 Å². The van der Waals surface area contributed by atoms with Gasteiger partial charge < -0.3 is 10.2 Å². The van der Waals surface area contributed by atoms with Crippen molar-refractivity contribution in [1.82, 2.24) is 0 Å². The molecular weight excluding hydrogens is 356 g/mol. The van der Waals surface area contributed by atoms with Crippen molar-refractivity contribution in [2.45, 2.75) is 123 Å².